The molecule has 0 atom stereocenters. The van der Waals surface area contributed by atoms with Crippen molar-refractivity contribution in [2.75, 3.05) is 5.32 Å². The summed E-state index contributed by atoms with van der Waals surface area (Å²) in [6.07, 6.45) is -4.61. The van der Waals surface area contributed by atoms with E-state index in [1.807, 2.05) is 25.1 Å². The van der Waals surface area contributed by atoms with Gasteiger partial charge in [0.1, 0.15) is 0 Å². The molecule has 4 aromatic rings. The van der Waals surface area contributed by atoms with Gasteiger partial charge in [0.25, 0.3) is 0 Å². The zero-order valence-corrected chi connectivity index (χ0v) is 21.6. The SMILES string of the molecule is Cc1cccc(CSc2nnc(CNC(=O)Nc3ccccc3C(F)(F)F)n2-c2cc(Cl)ccc2Cl)c1. The minimum Gasteiger partial charge on any atom is -0.331 e. The van der Waals surface area contributed by atoms with Gasteiger partial charge in [-0.3, -0.25) is 4.57 Å². The number of benzene rings is 3. The normalized spacial score (nSPS) is 11.4. The van der Waals surface area contributed by atoms with Crippen LogP contribution in [0, 0.1) is 6.92 Å². The van der Waals surface area contributed by atoms with Crippen molar-refractivity contribution in [2.45, 2.75) is 30.6 Å². The first-order chi connectivity index (χ1) is 17.6. The molecule has 0 radical (unpaired) electrons. The number of hydrogen-bond donors (Lipinski definition) is 2. The molecule has 1 heterocycles. The van der Waals surface area contributed by atoms with E-state index in [-0.39, 0.29) is 12.2 Å². The predicted molar refractivity (Wildman–Crippen MR) is 139 cm³/mol. The van der Waals surface area contributed by atoms with Crippen LogP contribution in [0.1, 0.15) is 22.5 Å². The summed E-state index contributed by atoms with van der Waals surface area (Å²) in [5.41, 5.74) is 1.40. The highest BCUT2D eigenvalue weighted by Crippen LogP contribution is 2.35. The molecule has 4 rings (SSSR count). The summed E-state index contributed by atoms with van der Waals surface area (Å²) in [7, 11) is 0. The number of alkyl halides is 3. The number of aromatic nitrogens is 3. The van der Waals surface area contributed by atoms with Gasteiger partial charge in [-0.15, -0.1) is 10.2 Å². The Morgan fingerprint density at radius 2 is 1.81 bits per heavy atom. The number of carbonyl (C=O) groups excluding carboxylic acids is 1. The van der Waals surface area contributed by atoms with Gasteiger partial charge in [-0.25, -0.2) is 4.79 Å². The molecule has 0 aliphatic carbocycles. The van der Waals surface area contributed by atoms with Crippen LogP contribution in [0.5, 0.6) is 0 Å². The lowest BCUT2D eigenvalue weighted by Crippen LogP contribution is -2.30. The molecular weight excluding hydrogens is 546 g/mol. The molecule has 0 aliphatic rings. The summed E-state index contributed by atoms with van der Waals surface area (Å²) in [5, 5.41) is 14.6. The molecule has 192 valence electrons. The molecule has 0 aliphatic heterocycles. The third-order valence-electron chi connectivity index (χ3n) is 5.19. The second-order valence-corrected chi connectivity index (χ2v) is 9.74. The van der Waals surface area contributed by atoms with E-state index < -0.39 is 17.8 Å². The summed E-state index contributed by atoms with van der Waals surface area (Å²) in [5.74, 6) is 0.912. The van der Waals surface area contributed by atoms with E-state index in [1.54, 1.807) is 22.8 Å². The average Bonchev–Trinajstić information content (AvgIpc) is 3.25. The van der Waals surface area contributed by atoms with Crippen LogP contribution in [-0.4, -0.2) is 20.8 Å². The number of urea groups is 1. The first-order valence-electron chi connectivity index (χ1n) is 10.9. The van der Waals surface area contributed by atoms with E-state index in [1.165, 1.54) is 30.0 Å². The van der Waals surface area contributed by atoms with Crippen LogP contribution in [-0.2, 0) is 18.5 Å². The van der Waals surface area contributed by atoms with Crippen molar-refractivity contribution in [3.8, 4) is 5.69 Å². The predicted octanol–water partition coefficient (Wildman–Crippen LogP) is 7.52. The van der Waals surface area contributed by atoms with E-state index in [0.717, 1.165) is 17.2 Å². The van der Waals surface area contributed by atoms with Gasteiger partial charge in [0.05, 0.1) is 28.5 Å². The van der Waals surface area contributed by atoms with Crippen LogP contribution < -0.4 is 10.6 Å². The molecule has 0 spiro atoms. The Balaban J connectivity index is 1.57. The van der Waals surface area contributed by atoms with Gasteiger partial charge in [0.15, 0.2) is 11.0 Å². The van der Waals surface area contributed by atoms with E-state index in [0.29, 0.717) is 32.5 Å². The second-order valence-electron chi connectivity index (χ2n) is 7.96. The number of para-hydroxylation sites is 1. The fourth-order valence-corrected chi connectivity index (χ4v) is 4.80. The number of thioether (sulfide) groups is 1. The van der Waals surface area contributed by atoms with Gasteiger partial charge in [0, 0.05) is 10.8 Å². The summed E-state index contributed by atoms with van der Waals surface area (Å²) in [6, 6.07) is 16.8. The Hall–Kier alpha value is -3.21. The highest BCUT2D eigenvalue weighted by atomic mass is 35.5. The van der Waals surface area contributed by atoms with Crippen LogP contribution in [0.15, 0.2) is 71.9 Å². The molecule has 0 saturated heterocycles. The number of anilines is 1. The van der Waals surface area contributed by atoms with Crippen molar-refractivity contribution >= 4 is 46.7 Å². The van der Waals surface area contributed by atoms with Gasteiger partial charge in [-0.1, -0.05) is 76.9 Å². The molecule has 2 N–H and O–H groups in total. The smallest absolute Gasteiger partial charge is 0.331 e. The fourth-order valence-electron chi connectivity index (χ4n) is 3.52. The molecule has 37 heavy (non-hydrogen) atoms. The largest absolute Gasteiger partial charge is 0.418 e. The zero-order chi connectivity index (χ0) is 26.6. The summed E-state index contributed by atoms with van der Waals surface area (Å²) < 4.78 is 41.5. The van der Waals surface area contributed by atoms with Gasteiger partial charge in [-0.2, -0.15) is 13.2 Å². The number of aryl methyl sites for hydroxylation is 1. The first-order valence-corrected chi connectivity index (χ1v) is 12.6. The monoisotopic (exact) mass is 565 g/mol. The van der Waals surface area contributed by atoms with Crippen molar-refractivity contribution in [2.24, 2.45) is 0 Å². The Kier molecular flexibility index (Phi) is 8.31. The molecule has 0 fully saturated rings. The summed E-state index contributed by atoms with van der Waals surface area (Å²) in [6.45, 7) is 1.87. The standard InChI is InChI=1S/C25H20Cl2F3N5OS/c1-15-5-4-6-16(11-15)14-37-24-34-33-22(35(24)21-12-17(26)9-10-19(21)27)13-31-23(36)32-20-8-3-2-7-18(20)25(28,29)30/h2-12H,13-14H2,1H3,(H2,31,32,36). The highest BCUT2D eigenvalue weighted by molar-refractivity contribution is 7.98. The van der Waals surface area contributed by atoms with Gasteiger partial charge < -0.3 is 10.6 Å². The topological polar surface area (TPSA) is 71.8 Å². The number of rotatable bonds is 7. The molecule has 2 amide bonds. The second kappa shape index (κ2) is 11.5. The number of hydrogen-bond acceptors (Lipinski definition) is 4. The third kappa shape index (κ3) is 6.76. The van der Waals surface area contributed by atoms with Crippen LogP contribution in [0.3, 0.4) is 0 Å². The number of amides is 2. The van der Waals surface area contributed by atoms with E-state index in [9.17, 15) is 18.0 Å². The third-order valence-corrected chi connectivity index (χ3v) is 6.74. The van der Waals surface area contributed by atoms with Gasteiger partial charge in [0.2, 0.25) is 0 Å². The van der Waals surface area contributed by atoms with Crippen molar-refractivity contribution in [3.05, 3.63) is 99.3 Å². The minimum absolute atomic E-state index is 0.138. The van der Waals surface area contributed by atoms with Crippen molar-refractivity contribution in [1.29, 1.82) is 0 Å². The quantitative estimate of drug-likeness (QED) is 0.227. The molecule has 3 aromatic carbocycles. The molecule has 12 heteroatoms. The lowest BCUT2D eigenvalue weighted by atomic mass is 10.1. The Bertz CT molecular complexity index is 1430. The summed E-state index contributed by atoms with van der Waals surface area (Å²) >= 11 is 14.1. The van der Waals surface area contributed by atoms with E-state index >= 15 is 0 Å². The van der Waals surface area contributed by atoms with Crippen LogP contribution in [0.25, 0.3) is 5.69 Å². The highest BCUT2D eigenvalue weighted by Gasteiger charge is 2.33. The molecule has 0 bridgehead atoms. The van der Waals surface area contributed by atoms with E-state index in [4.69, 9.17) is 23.2 Å². The number of carbonyl (C=O) groups is 1. The van der Waals surface area contributed by atoms with Crippen LogP contribution in [0.4, 0.5) is 23.7 Å². The van der Waals surface area contributed by atoms with Crippen LogP contribution >= 0.6 is 35.0 Å². The Labute approximate surface area is 225 Å². The lowest BCUT2D eigenvalue weighted by Gasteiger charge is -2.15. The minimum atomic E-state index is -4.61. The number of nitrogens with one attached hydrogen (secondary N) is 2. The number of nitrogens with zero attached hydrogens (tertiary/aromatic N) is 3. The molecule has 0 saturated carbocycles. The lowest BCUT2D eigenvalue weighted by molar-refractivity contribution is -0.136. The van der Waals surface area contributed by atoms with Crippen molar-refractivity contribution in [1.82, 2.24) is 20.1 Å². The zero-order valence-electron chi connectivity index (χ0n) is 19.3. The van der Waals surface area contributed by atoms with Crippen molar-refractivity contribution in [3.63, 3.8) is 0 Å². The van der Waals surface area contributed by atoms with E-state index in [2.05, 4.69) is 26.9 Å². The molecular formula is C25H20Cl2F3N5OS. The maximum atomic E-state index is 13.3. The maximum absolute atomic E-state index is 13.3. The molecule has 0 unspecified atom stereocenters. The van der Waals surface area contributed by atoms with Gasteiger partial charge in [-0.05, 0) is 42.8 Å². The first kappa shape index (κ1) is 26.8. The van der Waals surface area contributed by atoms with Crippen LogP contribution in [0.2, 0.25) is 10.0 Å². The average molecular weight is 566 g/mol. The fraction of sp³-hybridized carbons (Fsp3) is 0.160. The molecule has 1 aromatic heterocycles. The Morgan fingerprint density at radius 3 is 2.57 bits per heavy atom. The maximum Gasteiger partial charge on any atom is 0.418 e. The Morgan fingerprint density at radius 1 is 1.03 bits per heavy atom. The van der Waals surface area contributed by atoms with Gasteiger partial charge >= 0.3 is 12.2 Å². The summed E-state index contributed by atoms with van der Waals surface area (Å²) in [4.78, 5) is 12.5. The molecule has 6 nitrogen and oxygen atoms in total. The number of halogens is 5. The van der Waals surface area contributed by atoms with Crippen molar-refractivity contribution < 1.29 is 18.0 Å².